The summed E-state index contributed by atoms with van der Waals surface area (Å²) < 4.78 is 11.4. The van der Waals surface area contributed by atoms with E-state index in [0.29, 0.717) is 28.1 Å². The smallest absolute Gasteiger partial charge is 0.290 e. The fourth-order valence-corrected chi connectivity index (χ4v) is 4.88. The number of rotatable bonds is 5. The predicted octanol–water partition coefficient (Wildman–Crippen LogP) is 4.02. The number of nitrogens with zero attached hydrogens (tertiary/aromatic N) is 2. The lowest BCUT2D eigenvalue weighted by molar-refractivity contribution is 0.0353. The van der Waals surface area contributed by atoms with Crippen LogP contribution in [0.2, 0.25) is 5.02 Å². The second kappa shape index (κ2) is 8.70. The van der Waals surface area contributed by atoms with Gasteiger partial charge in [-0.25, -0.2) is 0 Å². The highest BCUT2D eigenvalue weighted by Crippen LogP contribution is 2.38. The number of ether oxygens (including phenoxy) is 1. The molecule has 1 atom stereocenters. The lowest BCUT2D eigenvalue weighted by Crippen LogP contribution is -2.38. The maximum Gasteiger partial charge on any atom is 0.290 e. The number of morpholine rings is 1. The van der Waals surface area contributed by atoms with Gasteiger partial charge in [0.15, 0.2) is 5.43 Å². The van der Waals surface area contributed by atoms with Gasteiger partial charge >= 0.3 is 0 Å². The second-order valence-corrected chi connectivity index (χ2v) is 8.87. The molecule has 1 saturated heterocycles. The van der Waals surface area contributed by atoms with Gasteiger partial charge in [0, 0.05) is 31.2 Å². The SMILES string of the molecule is Cc1ccc2oc3c(c(=O)c2c1)[C@@H](c1cccc(Cl)c1)N(CCCN1CCOCC1)C3=O. The number of aryl methyl sites for hydroxylation is 1. The highest BCUT2D eigenvalue weighted by Gasteiger charge is 2.42. The Labute approximate surface area is 191 Å². The Morgan fingerprint density at radius 3 is 2.66 bits per heavy atom. The summed E-state index contributed by atoms with van der Waals surface area (Å²) in [6.07, 6.45) is 0.795. The molecule has 2 aliphatic heterocycles. The first-order chi connectivity index (χ1) is 15.5. The van der Waals surface area contributed by atoms with Gasteiger partial charge in [-0.1, -0.05) is 35.4 Å². The van der Waals surface area contributed by atoms with Gasteiger partial charge in [-0.2, -0.15) is 0 Å². The number of fused-ring (bicyclic) bond motifs is 2. The van der Waals surface area contributed by atoms with E-state index in [1.807, 2.05) is 37.3 Å². The molecule has 32 heavy (non-hydrogen) atoms. The van der Waals surface area contributed by atoms with Crippen molar-refractivity contribution in [2.75, 3.05) is 39.4 Å². The monoisotopic (exact) mass is 452 g/mol. The highest BCUT2D eigenvalue weighted by molar-refractivity contribution is 6.30. The zero-order valence-corrected chi connectivity index (χ0v) is 18.7. The molecule has 5 rings (SSSR count). The topological polar surface area (TPSA) is 63.0 Å². The molecular weight excluding hydrogens is 428 g/mol. The molecule has 1 fully saturated rings. The number of carbonyl (C=O) groups excluding carboxylic acids is 1. The van der Waals surface area contributed by atoms with Gasteiger partial charge < -0.3 is 14.1 Å². The van der Waals surface area contributed by atoms with Crippen LogP contribution in [0.3, 0.4) is 0 Å². The average molecular weight is 453 g/mol. The molecule has 1 aromatic heterocycles. The van der Waals surface area contributed by atoms with E-state index < -0.39 is 6.04 Å². The molecule has 0 saturated carbocycles. The van der Waals surface area contributed by atoms with Crippen molar-refractivity contribution < 1.29 is 13.9 Å². The molecule has 1 amide bonds. The quantitative estimate of drug-likeness (QED) is 0.585. The summed E-state index contributed by atoms with van der Waals surface area (Å²) in [5.41, 5.74) is 2.47. The van der Waals surface area contributed by atoms with Gasteiger partial charge in [-0.15, -0.1) is 0 Å². The molecule has 0 spiro atoms. The number of hydrogen-bond donors (Lipinski definition) is 0. The fourth-order valence-electron chi connectivity index (χ4n) is 4.68. The standard InChI is InChI=1S/C25H25ClN2O4/c1-16-6-7-20-19(14-16)23(29)21-22(17-4-2-5-18(26)15-17)28(25(30)24(21)32-20)9-3-8-27-10-12-31-13-11-27/h2,4-7,14-15,22H,3,8-13H2,1H3/t22-/m1/s1. The Bertz CT molecular complexity index is 1230. The Kier molecular flexibility index (Phi) is 5.76. The maximum atomic E-state index is 13.6. The molecule has 6 nitrogen and oxygen atoms in total. The summed E-state index contributed by atoms with van der Waals surface area (Å²) in [6, 6.07) is 12.3. The van der Waals surface area contributed by atoms with Crippen LogP contribution in [0.15, 0.2) is 51.7 Å². The molecular formula is C25H25ClN2O4. The molecule has 7 heteroatoms. The second-order valence-electron chi connectivity index (χ2n) is 8.44. The van der Waals surface area contributed by atoms with Gasteiger partial charge in [0.1, 0.15) is 5.58 Å². The van der Waals surface area contributed by atoms with Crippen LogP contribution in [0.4, 0.5) is 0 Å². The van der Waals surface area contributed by atoms with E-state index in [-0.39, 0.29) is 17.1 Å². The van der Waals surface area contributed by atoms with Crippen LogP contribution < -0.4 is 5.43 Å². The zero-order valence-electron chi connectivity index (χ0n) is 18.0. The lowest BCUT2D eigenvalue weighted by Gasteiger charge is -2.29. The minimum atomic E-state index is -0.512. The number of benzene rings is 2. The van der Waals surface area contributed by atoms with E-state index >= 15 is 0 Å². The third-order valence-corrected chi connectivity index (χ3v) is 6.50. The van der Waals surface area contributed by atoms with Crippen molar-refractivity contribution in [2.45, 2.75) is 19.4 Å². The highest BCUT2D eigenvalue weighted by atomic mass is 35.5. The minimum Gasteiger partial charge on any atom is -0.450 e. The predicted molar refractivity (Wildman–Crippen MR) is 123 cm³/mol. The average Bonchev–Trinajstić information content (AvgIpc) is 3.07. The molecule has 166 valence electrons. The molecule has 2 aromatic carbocycles. The van der Waals surface area contributed by atoms with Crippen LogP contribution in [0, 0.1) is 6.92 Å². The van der Waals surface area contributed by atoms with Gasteiger partial charge in [-0.05, 0) is 43.2 Å². The molecule has 0 aliphatic carbocycles. The molecule has 0 unspecified atom stereocenters. The third-order valence-electron chi connectivity index (χ3n) is 6.26. The van der Waals surface area contributed by atoms with Crippen molar-refractivity contribution in [1.82, 2.24) is 9.80 Å². The van der Waals surface area contributed by atoms with Gasteiger partial charge in [-0.3, -0.25) is 14.5 Å². The Hall–Kier alpha value is -2.67. The van der Waals surface area contributed by atoms with E-state index in [9.17, 15) is 9.59 Å². The largest absolute Gasteiger partial charge is 0.450 e. The van der Waals surface area contributed by atoms with E-state index in [0.717, 1.165) is 50.4 Å². The van der Waals surface area contributed by atoms with Crippen LogP contribution in [0.1, 0.15) is 39.7 Å². The molecule has 0 bridgehead atoms. The normalized spacial score (nSPS) is 19.0. The molecule has 0 radical (unpaired) electrons. The number of halogens is 1. The molecule has 2 aliphatic rings. The summed E-state index contributed by atoms with van der Waals surface area (Å²) in [6.45, 7) is 6.60. The third kappa shape index (κ3) is 3.83. The van der Waals surface area contributed by atoms with Gasteiger partial charge in [0.2, 0.25) is 5.76 Å². The summed E-state index contributed by atoms with van der Waals surface area (Å²) in [7, 11) is 0. The van der Waals surface area contributed by atoms with E-state index in [1.165, 1.54) is 0 Å². The fraction of sp³-hybridized carbons (Fsp3) is 0.360. The van der Waals surface area contributed by atoms with Crippen molar-refractivity contribution in [3.8, 4) is 0 Å². The van der Waals surface area contributed by atoms with E-state index in [4.69, 9.17) is 20.8 Å². The molecule has 3 aromatic rings. The first-order valence-electron chi connectivity index (χ1n) is 11.0. The number of amides is 1. The summed E-state index contributed by atoms with van der Waals surface area (Å²) in [5, 5.41) is 1.07. The number of carbonyl (C=O) groups is 1. The van der Waals surface area contributed by atoms with Crippen LogP contribution in [0.5, 0.6) is 0 Å². The summed E-state index contributed by atoms with van der Waals surface area (Å²) in [4.78, 5) is 31.1. The summed E-state index contributed by atoms with van der Waals surface area (Å²) in [5.74, 6) is -0.103. The van der Waals surface area contributed by atoms with Crippen molar-refractivity contribution in [3.63, 3.8) is 0 Å². The van der Waals surface area contributed by atoms with E-state index in [1.54, 1.807) is 17.0 Å². The van der Waals surface area contributed by atoms with Crippen LogP contribution in [0.25, 0.3) is 11.0 Å². The van der Waals surface area contributed by atoms with Crippen molar-refractivity contribution >= 4 is 28.5 Å². The molecule has 3 heterocycles. The Balaban J connectivity index is 1.54. The Morgan fingerprint density at radius 1 is 1.06 bits per heavy atom. The van der Waals surface area contributed by atoms with Crippen molar-refractivity contribution in [1.29, 1.82) is 0 Å². The first kappa shape index (κ1) is 21.2. The zero-order chi connectivity index (χ0) is 22.2. The van der Waals surface area contributed by atoms with Gasteiger partial charge in [0.05, 0.1) is 30.2 Å². The van der Waals surface area contributed by atoms with Crippen LogP contribution in [-0.2, 0) is 4.74 Å². The van der Waals surface area contributed by atoms with E-state index in [2.05, 4.69) is 4.90 Å². The minimum absolute atomic E-state index is 0.141. The number of hydrogen-bond acceptors (Lipinski definition) is 5. The van der Waals surface area contributed by atoms with Gasteiger partial charge in [0.25, 0.3) is 5.91 Å². The Morgan fingerprint density at radius 2 is 1.88 bits per heavy atom. The van der Waals surface area contributed by atoms with Crippen LogP contribution in [-0.4, -0.2) is 55.1 Å². The maximum absolute atomic E-state index is 13.6. The lowest BCUT2D eigenvalue weighted by atomic mass is 9.98. The first-order valence-corrected chi connectivity index (χ1v) is 11.3. The van der Waals surface area contributed by atoms with Crippen molar-refractivity contribution in [3.05, 3.63) is 80.2 Å². The van der Waals surface area contributed by atoms with Crippen LogP contribution >= 0.6 is 11.6 Å². The van der Waals surface area contributed by atoms with Crippen molar-refractivity contribution in [2.24, 2.45) is 0 Å². The molecule has 0 N–H and O–H groups in total. The summed E-state index contributed by atoms with van der Waals surface area (Å²) >= 11 is 6.27.